The number of hydrogen-bond donors (Lipinski definition) is 0. The molecule has 0 atom stereocenters. The predicted octanol–water partition coefficient (Wildman–Crippen LogP) is 2.88. The van der Waals surface area contributed by atoms with Gasteiger partial charge in [0.25, 0.3) is 0 Å². The molecule has 1 saturated heterocycles. The van der Waals surface area contributed by atoms with Gasteiger partial charge in [-0.15, -0.1) is 11.3 Å². The van der Waals surface area contributed by atoms with Gasteiger partial charge < -0.3 is 14.0 Å². The molecule has 0 unspecified atom stereocenters. The fourth-order valence-corrected chi connectivity index (χ4v) is 5.02. The molecular weight excluding hydrogens is 398 g/mol. The first-order chi connectivity index (χ1) is 13.5. The summed E-state index contributed by atoms with van der Waals surface area (Å²) in [5.74, 6) is 0.797. The quantitative estimate of drug-likeness (QED) is 0.498. The lowest BCUT2D eigenvalue weighted by Gasteiger charge is -2.26. The fourth-order valence-electron chi connectivity index (χ4n) is 3.12. The minimum atomic E-state index is -3.29. The van der Waals surface area contributed by atoms with Gasteiger partial charge >= 0.3 is 0 Å². The van der Waals surface area contributed by atoms with E-state index < -0.39 is 9.84 Å². The first-order valence-corrected chi connectivity index (χ1v) is 11.5. The van der Waals surface area contributed by atoms with Gasteiger partial charge in [0, 0.05) is 18.9 Å². The summed E-state index contributed by atoms with van der Waals surface area (Å²) in [6.07, 6.45) is 3.11. The molecule has 0 radical (unpaired) electrons. The van der Waals surface area contributed by atoms with Gasteiger partial charge in [-0.05, 0) is 29.8 Å². The molecule has 144 valence electrons. The van der Waals surface area contributed by atoms with Gasteiger partial charge in [-0.25, -0.2) is 18.4 Å². The second-order valence-corrected chi connectivity index (χ2v) is 10.1. The van der Waals surface area contributed by atoms with Crippen LogP contribution in [0.25, 0.3) is 21.3 Å². The Balaban J connectivity index is 1.42. The van der Waals surface area contributed by atoms with Crippen molar-refractivity contribution < 1.29 is 17.9 Å². The van der Waals surface area contributed by atoms with Crippen LogP contribution in [0.3, 0.4) is 0 Å². The van der Waals surface area contributed by atoms with Crippen molar-refractivity contribution in [2.45, 2.75) is 17.0 Å². The Kier molecular flexibility index (Phi) is 4.11. The van der Waals surface area contributed by atoms with Gasteiger partial charge in [-0.2, -0.15) is 0 Å². The normalized spacial score (nSPS) is 15.2. The molecule has 7 nitrogen and oxygen atoms in total. The molecule has 0 bridgehead atoms. The number of sulfone groups is 1. The summed E-state index contributed by atoms with van der Waals surface area (Å²) in [5, 5.41) is 0. The molecule has 1 fully saturated rings. The van der Waals surface area contributed by atoms with Gasteiger partial charge in [0.15, 0.2) is 0 Å². The van der Waals surface area contributed by atoms with Crippen LogP contribution in [0.5, 0.6) is 5.75 Å². The molecule has 0 N–H and O–H groups in total. The first kappa shape index (κ1) is 17.6. The lowest BCUT2D eigenvalue weighted by Crippen LogP contribution is -2.38. The first-order valence-electron chi connectivity index (χ1n) is 8.74. The van der Waals surface area contributed by atoms with E-state index in [0.29, 0.717) is 25.3 Å². The topological polar surface area (TPSA) is 83.3 Å². The molecule has 5 rings (SSSR count). The van der Waals surface area contributed by atoms with E-state index in [1.165, 1.54) is 17.6 Å². The number of thiazole rings is 1. The maximum Gasteiger partial charge on any atom is 0.210 e. The Morgan fingerprint density at radius 1 is 1.21 bits per heavy atom. The number of aromatic nitrogens is 3. The Bertz CT molecular complexity index is 1290. The van der Waals surface area contributed by atoms with Crippen molar-refractivity contribution in [1.29, 1.82) is 0 Å². The summed E-state index contributed by atoms with van der Waals surface area (Å²) in [4.78, 5) is 8.69. The Morgan fingerprint density at radius 2 is 2.07 bits per heavy atom. The minimum absolute atomic E-state index is 0.127. The van der Waals surface area contributed by atoms with Gasteiger partial charge in [0.1, 0.15) is 11.9 Å². The van der Waals surface area contributed by atoms with Crippen molar-refractivity contribution in [1.82, 2.24) is 14.5 Å². The fraction of sp³-hybridized carbons (Fsp3) is 0.263. The third-order valence-corrected chi connectivity index (χ3v) is 7.30. The molecule has 2 aromatic carbocycles. The zero-order chi connectivity index (χ0) is 19.3. The van der Waals surface area contributed by atoms with E-state index in [1.807, 2.05) is 36.4 Å². The van der Waals surface area contributed by atoms with Crippen LogP contribution in [0, 0.1) is 0 Å². The van der Waals surface area contributed by atoms with Crippen LogP contribution in [-0.2, 0) is 21.1 Å². The number of rotatable bonds is 5. The van der Waals surface area contributed by atoms with Crippen LogP contribution in [0.4, 0.5) is 0 Å². The molecule has 0 aliphatic carbocycles. The largest absolute Gasteiger partial charge is 0.486 e. The molecule has 3 heterocycles. The van der Waals surface area contributed by atoms with E-state index in [2.05, 4.69) is 14.5 Å². The SMILES string of the molecule is CS(=O)(=O)c1nc2ccc(Cn3cnc4cc(OC5COC5)ccc43)cc2s1. The molecule has 0 spiro atoms. The second-order valence-electron chi connectivity index (χ2n) is 6.85. The van der Waals surface area contributed by atoms with Crippen LogP contribution in [0.2, 0.25) is 0 Å². The highest BCUT2D eigenvalue weighted by molar-refractivity contribution is 7.92. The van der Waals surface area contributed by atoms with Crippen LogP contribution >= 0.6 is 11.3 Å². The highest BCUT2D eigenvalue weighted by Gasteiger charge is 2.20. The van der Waals surface area contributed by atoms with Crippen molar-refractivity contribution in [2.75, 3.05) is 19.5 Å². The summed E-state index contributed by atoms with van der Waals surface area (Å²) in [6, 6.07) is 11.7. The minimum Gasteiger partial charge on any atom is -0.486 e. The standard InChI is InChI=1S/C19H17N3O4S2/c1-28(23,24)19-21-15-4-2-12(6-18(15)27-19)8-22-11-20-16-7-13(3-5-17(16)22)26-14-9-25-10-14/h2-7,11,14H,8-10H2,1H3. The van der Waals surface area contributed by atoms with E-state index in [9.17, 15) is 8.42 Å². The molecule has 1 aliphatic heterocycles. The van der Waals surface area contributed by atoms with Crippen molar-refractivity contribution >= 4 is 42.4 Å². The van der Waals surface area contributed by atoms with Crippen molar-refractivity contribution in [3.05, 3.63) is 48.3 Å². The van der Waals surface area contributed by atoms with E-state index >= 15 is 0 Å². The van der Waals surface area contributed by atoms with E-state index in [1.54, 1.807) is 6.33 Å². The second kappa shape index (κ2) is 6.54. The number of imidazole rings is 1. The lowest BCUT2D eigenvalue weighted by molar-refractivity contribution is -0.0796. The third kappa shape index (κ3) is 3.25. The predicted molar refractivity (Wildman–Crippen MR) is 107 cm³/mol. The van der Waals surface area contributed by atoms with Crippen molar-refractivity contribution in [3.63, 3.8) is 0 Å². The zero-order valence-corrected chi connectivity index (χ0v) is 16.7. The smallest absolute Gasteiger partial charge is 0.210 e. The molecule has 9 heteroatoms. The van der Waals surface area contributed by atoms with Gasteiger partial charge in [0.2, 0.25) is 14.2 Å². The number of hydrogen-bond acceptors (Lipinski definition) is 7. The maximum atomic E-state index is 11.7. The summed E-state index contributed by atoms with van der Waals surface area (Å²) in [7, 11) is -3.29. The summed E-state index contributed by atoms with van der Waals surface area (Å²) >= 11 is 1.20. The number of benzene rings is 2. The molecular formula is C19H17N3O4S2. The highest BCUT2D eigenvalue weighted by atomic mass is 32.2. The number of nitrogens with zero attached hydrogens (tertiary/aromatic N) is 3. The Labute approximate surface area is 165 Å². The van der Waals surface area contributed by atoms with Crippen LogP contribution in [0.15, 0.2) is 47.1 Å². The molecule has 4 aromatic rings. The molecule has 2 aromatic heterocycles. The van der Waals surface area contributed by atoms with E-state index in [4.69, 9.17) is 9.47 Å². The summed E-state index contributed by atoms with van der Waals surface area (Å²) in [5.41, 5.74) is 3.64. The monoisotopic (exact) mass is 415 g/mol. The van der Waals surface area contributed by atoms with E-state index in [-0.39, 0.29) is 10.4 Å². The highest BCUT2D eigenvalue weighted by Crippen LogP contribution is 2.27. The van der Waals surface area contributed by atoms with Crippen molar-refractivity contribution in [3.8, 4) is 5.75 Å². The molecule has 28 heavy (non-hydrogen) atoms. The van der Waals surface area contributed by atoms with Crippen molar-refractivity contribution in [2.24, 2.45) is 0 Å². The summed E-state index contributed by atoms with van der Waals surface area (Å²) < 4.78 is 37.5. The third-order valence-electron chi connectivity index (χ3n) is 4.61. The summed E-state index contributed by atoms with van der Waals surface area (Å²) in [6.45, 7) is 1.90. The van der Waals surface area contributed by atoms with Crippen LogP contribution < -0.4 is 4.74 Å². The Hall–Kier alpha value is -2.49. The maximum absolute atomic E-state index is 11.7. The number of fused-ring (bicyclic) bond motifs is 2. The molecule has 0 amide bonds. The average molecular weight is 415 g/mol. The average Bonchev–Trinajstić information content (AvgIpc) is 3.22. The van der Waals surface area contributed by atoms with E-state index in [0.717, 1.165) is 27.0 Å². The molecule has 0 saturated carbocycles. The lowest BCUT2D eigenvalue weighted by atomic mass is 10.2. The van der Waals surface area contributed by atoms with Gasteiger partial charge in [-0.3, -0.25) is 0 Å². The van der Waals surface area contributed by atoms with Crippen LogP contribution in [0.1, 0.15) is 5.56 Å². The zero-order valence-electron chi connectivity index (χ0n) is 15.0. The van der Waals surface area contributed by atoms with Gasteiger partial charge in [0.05, 0.1) is 40.8 Å². The number of ether oxygens (including phenoxy) is 2. The van der Waals surface area contributed by atoms with Gasteiger partial charge in [-0.1, -0.05) is 6.07 Å². The Morgan fingerprint density at radius 3 is 2.82 bits per heavy atom. The molecule has 1 aliphatic rings. The van der Waals surface area contributed by atoms with Crippen LogP contribution in [-0.4, -0.2) is 48.5 Å².